The van der Waals surface area contributed by atoms with Crippen molar-refractivity contribution in [3.8, 4) is 5.75 Å². The lowest BCUT2D eigenvalue weighted by Gasteiger charge is -2.15. The number of para-hydroxylation sites is 1. The first-order valence-electron chi connectivity index (χ1n) is 8.28. The maximum Gasteiger partial charge on any atom is 0.260 e. The van der Waals surface area contributed by atoms with Crippen LogP contribution < -0.4 is 10.1 Å². The standard InChI is InChI=1S/C21H21NO2/c1-3-15-9-6-8-12-18(15)22-21(23)20-17-11-7-5-10-16(17)13-14-19(20)24-4-2/h5-14H,3-4H2,1-2H3,(H,22,23). The number of aryl methyl sites for hydroxylation is 1. The van der Waals surface area contributed by atoms with Crippen LogP contribution in [-0.4, -0.2) is 12.5 Å². The van der Waals surface area contributed by atoms with E-state index in [-0.39, 0.29) is 5.91 Å². The lowest BCUT2D eigenvalue weighted by Crippen LogP contribution is -2.15. The van der Waals surface area contributed by atoms with Gasteiger partial charge in [-0.15, -0.1) is 0 Å². The topological polar surface area (TPSA) is 38.3 Å². The van der Waals surface area contributed by atoms with Gasteiger partial charge in [-0.2, -0.15) is 0 Å². The normalized spacial score (nSPS) is 10.6. The molecule has 0 saturated heterocycles. The van der Waals surface area contributed by atoms with E-state index in [0.717, 1.165) is 28.4 Å². The number of hydrogen-bond acceptors (Lipinski definition) is 2. The van der Waals surface area contributed by atoms with Crippen molar-refractivity contribution in [2.24, 2.45) is 0 Å². The molecule has 0 atom stereocenters. The molecule has 0 unspecified atom stereocenters. The number of carbonyl (C=O) groups is 1. The van der Waals surface area contributed by atoms with Crippen molar-refractivity contribution in [3.05, 3.63) is 71.8 Å². The van der Waals surface area contributed by atoms with E-state index in [1.807, 2.05) is 67.6 Å². The van der Waals surface area contributed by atoms with E-state index >= 15 is 0 Å². The largest absolute Gasteiger partial charge is 0.493 e. The van der Waals surface area contributed by atoms with Gasteiger partial charge in [0.2, 0.25) is 0 Å². The van der Waals surface area contributed by atoms with Crippen LogP contribution in [0.25, 0.3) is 10.8 Å². The molecule has 1 N–H and O–H groups in total. The quantitative estimate of drug-likeness (QED) is 0.714. The van der Waals surface area contributed by atoms with Gasteiger partial charge in [0.25, 0.3) is 5.91 Å². The summed E-state index contributed by atoms with van der Waals surface area (Å²) in [4.78, 5) is 13.0. The van der Waals surface area contributed by atoms with Gasteiger partial charge < -0.3 is 10.1 Å². The van der Waals surface area contributed by atoms with Gasteiger partial charge in [0.05, 0.1) is 12.2 Å². The first-order chi connectivity index (χ1) is 11.7. The van der Waals surface area contributed by atoms with Crippen molar-refractivity contribution in [1.29, 1.82) is 0 Å². The summed E-state index contributed by atoms with van der Waals surface area (Å²) in [5.74, 6) is 0.471. The maximum absolute atomic E-state index is 13.0. The van der Waals surface area contributed by atoms with Gasteiger partial charge in [-0.05, 0) is 41.8 Å². The molecule has 3 heteroatoms. The van der Waals surface area contributed by atoms with Crippen LogP contribution in [0.15, 0.2) is 60.7 Å². The molecular formula is C21H21NO2. The molecular weight excluding hydrogens is 298 g/mol. The molecule has 0 fully saturated rings. The minimum absolute atomic E-state index is 0.142. The molecule has 0 aliphatic rings. The lowest BCUT2D eigenvalue weighted by molar-refractivity contribution is 0.102. The molecule has 0 heterocycles. The van der Waals surface area contributed by atoms with Gasteiger partial charge in [0.15, 0.2) is 0 Å². The zero-order valence-electron chi connectivity index (χ0n) is 14.0. The van der Waals surface area contributed by atoms with Crippen LogP contribution in [0.1, 0.15) is 29.8 Å². The highest BCUT2D eigenvalue weighted by molar-refractivity contribution is 6.15. The van der Waals surface area contributed by atoms with Crippen molar-refractivity contribution < 1.29 is 9.53 Å². The number of amides is 1. The minimum Gasteiger partial charge on any atom is -0.493 e. The molecule has 3 aromatic rings. The van der Waals surface area contributed by atoms with Gasteiger partial charge in [0, 0.05) is 5.69 Å². The molecule has 0 aromatic heterocycles. The fourth-order valence-electron chi connectivity index (χ4n) is 2.90. The summed E-state index contributed by atoms with van der Waals surface area (Å²) >= 11 is 0. The van der Waals surface area contributed by atoms with E-state index in [1.165, 1.54) is 0 Å². The van der Waals surface area contributed by atoms with E-state index < -0.39 is 0 Å². The zero-order chi connectivity index (χ0) is 16.9. The second-order valence-electron chi connectivity index (χ2n) is 5.56. The first kappa shape index (κ1) is 16.1. The molecule has 1 amide bonds. The Balaban J connectivity index is 2.06. The third kappa shape index (κ3) is 3.11. The van der Waals surface area contributed by atoms with Crippen LogP contribution in [0.3, 0.4) is 0 Å². The number of carbonyl (C=O) groups excluding carboxylic acids is 1. The molecule has 0 aliphatic carbocycles. The number of rotatable bonds is 5. The van der Waals surface area contributed by atoms with Crippen LogP contribution in [0.5, 0.6) is 5.75 Å². The van der Waals surface area contributed by atoms with E-state index in [9.17, 15) is 4.79 Å². The third-order valence-electron chi connectivity index (χ3n) is 4.06. The third-order valence-corrected chi connectivity index (χ3v) is 4.06. The Hall–Kier alpha value is -2.81. The highest BCUT2D eigenvalue weighted by Gasteiger charge is 2.17. The van der Waals surface area contributed by atoms with Gasteiger partial charge in [-0.3, -0.25) is 4.79 Å². The summed E-state index contributed by atoms with van der Waals surface area (Å²) in [6.45, 7) is 4.52. The minimum atomic E-state index is -0.142. The van der Waals surface area contributed by atoms with Gasteiger partial charge in [-0.25, -0.2) is 0 Å². The van der Waals surface area contributed by atoms with Crippen molar-refractivity contribution in [2.45, 2.75) is 20.3 Å². The van der Waals surface area contributed by atoms with Gasteiger partial charge in [0.1, 0.15) is 5.75 Å². The van der Waals surface area contributed by atoms with E-state index in [0.29, 0.717) is 17.9 Å². The number of hydrogen-bond donors (Lipinski definition) is 1. The summed E-state index contributed by atoms with van der Waals surface area (Å²) in [6, 6.07) is 19.6. The molecule has 0 saturated carbocycles. The Morgan fingerprint density at radius 1 is 0.958 bits per heavy atom. The van der Waals surface area contributed by atoms with Crippen molar-refractivity contribution in [1.82, 2.24) is 0 Å². The molecule has 0 bridgehead atoms. The van der Waals surface area contributed by atoms with E-state index in [2.05, 4.69) is 12.2 Å². The summed E-state index contributed by atoms with van der Waals surface area (Å²) in [5.41, 5.74) is 2.55. The van der Waals surface area contributed by atoms with E-state index in [1.54, 1.807) is 0 Å². The Morgan fingerprint density at radius 3 is 2.50 bits per heavy atom. The van der Waals surface area contributed by atoms with Gasteiger partial charge in [-0.1, -0.05) is 55.5 Å². The molecule has 0 aliphatic heterocycles. The van der Waals surface area contributed by atoms with E-state index in [4.69, 9.17) is 4.74 Å². The van der Waals surface area contributed by atoms with Crippen molar-refractivity contribution >= 4 is 22.4 Å². The highest BCUT2D eigenvalue weighted by Crippen LogP contribution is 2.29. The maximum atomic E-state index is 13.0. The summed E-state index contributed by atoms with van der Waals surface area (Å²) < 4.78 is 5.70. The SMILES string of the molecule is CCOc1ccc2ccccc2c1C(=O)Nc1ccccc1CC. The van der Waals surface area contributed by atoms with Gasteiger partial charge >= 0.3 is 0 Å². The molecule has 24 heavy (non-hydrogen) atoms. The fourth-order valence-corrected chi connectivity index (χ4v) is 2.90. The van der Waals surface area contributed by atoms with Crippen LogP contribution in [-0.2, 0) is 6.42 Å². The summed E-state index contributed by atoms with van der Waals surface area (Å²) in [6.07, 6.45) is 0.865. The Morgan fingerprint density at radius 2 is 1.71 bits per heavy atom. The molecule has 3 aromatic carbocycles. The molecule has 0 radical (unpaired) electrons. The van der Waals surface area contributed by atoms with Crippen LogP contribution >= 0.6 is 0 Å². The number of fused-ring (bicyclic) bond motifs is 1. The fraction of sp³-hybridized carbons (Fsp3) is 0.190. The van der Waals surface area contributed by atoms with Crippen molar-refractivity contribution in [3.63, 3.8) is 0 Å². The Bertz CT molecular complexity index is 871. The lowest BCUT2D eigenvalue weighted by atomic mass is 10.0. The first-order valence-corrected chi connectivity index (χ1v) is 8.28. The van der Waals surface area contributed by atoms with Crippen LogP contribution in [0, 0.1) is 0 Å². The average molecular weight is 319 g/mol. The smallest absolute Gasteiger partial charge is 0.260 e. The predicted molar refractivity (Wildman–Crippen MR) is 98.9 cm³/mol. The summed E-state index contributed by atoms with van der Waals surface area (Å²) in [7, 11) is 0. The zero-order valence-corrected chi connectivity index (χ0v) is 14.0. The predicted octanol–water partition coefficient (Wildman–Crippen LogP) is 5.05. The number of ether oxygens (including phenoxy) is 1. The second kappa shape index (κ2) is 7.18. The Labute approximate surface area is 142 Å². The van der Waals surface area contributed by atoms with Crippen LogP contribution in [0.4, 0.5) is 5.69 Å². The monoisotopic (exact) mass is 319 g/mol. The number of benzene rings is 3. The van der Waals surface area contributed by atoms with Crippen molar-refractivity contribution in [2.75, 3.05) is 11.9 Å². The van der Waals surface area contributed by atoms with Crippen LogP contribution in [0.2, 0.25) is 0 Å². The average Bonchev–Trinajstić information content (AvgIpc) is 2.62. The number of anilines is 1. The summed E-state index contributed by atoms with van der Waals surface area (Å²) in [5, 5.41) is 4.97. The number of nitrogens with one attached hydrogen (secondary N) is 1. The molecule has 122 valence electrons. The Kier molecular flexibility index (Phi) is 4.80. The molecule has 3 rings (SSSR count). The molecule has 3 nitrogen and oxygen atoms in total. The molecule has 0 spiro atoms. The highest BCUT2D eigenvalue weighted by atomic mass is 16.5. The second-order valence-corrected chi connectivity index (χ2v) is 5.56.